The molecule has 0 amide bonds. The maximum Gasteiger partial charge on any atom is 0.239 e. The molecule has 9 heteroatoms. The molecule has 1 heterocycles. The molecule has 0 unspecified atom stereocenters. The highest BCUT2D eigenvalue weighted by Crippen LogP contribution is 2.38. The predicted molar refractivity (Wildman–Crippen MR) is 89.0 cm³/mol. The van der Waals surface area contributed by atoms with Crippen LogP contribution < -0.4 is 24.7 Å². The average molecular weight is 353 g/mol. The van der Waals surface area contributed by atoms with Crippen molar-refractivity contribution in [2.75, 3.05) is 26.6 Å². The number of sulfonamides is 1. The topological polar surface area (TPSA) is 113 Å². The number of pyridine rings is 1. The lowest BCUT2D eigenvalue weighted by atomic mass is 10.1. The number of benzene rings is 1. The normalized spacial score (nSPS) is 11.0. The zero-order valence-electron chi connectivity index (χ0n) is 13.6. The Kier molecular flexibility index (Phi) is 5.47. The summed E-state index contributed by atoms with van der Waals surface area (Å²) in [6.07, 6.45) is 1.20. The Balaban J connectivity index is 2.17. The van der Waals surface area contributed by atoms with Crippen LogP contribution in [0.2, 0.25) is 0 Å². The molecule has 0 fully saturated rings. The van der Waals surface area contributed by atoms with Crippen molar-refractivity contribution in [3.05, 3.63) is 36.0 Å². The number of nitrogens with zero attached hydrogens (tertiary/aromatic N) is 1. The monoisotopic (exact) mass is 353 g/mol. The number of primary sulfonamides is 1. The van der Waals surface area contributed by atoms with E-state index >= 15 is 0 Å². The number of aromatic nitrogens is 1. The van der Waals surface area contributed by atoms with Crippen LogP contribution in [0.1, 0.15) is 5.56 Å². The second-order valence-corrected chi connectivity index (χ2v) is 6.37. The highest BCUT2D eigenvalue weighted by atomic mass is 32.2. The van der Waals surface area contributed by atoms with E-state index in [2.05, 4.69) is 10.3 Å². The van der Waals surface area contributed by atoms with E-state index in [1.807, 2.05) is 12.1 Å². The average Bonchev–Trinajstić information content (AvgIpc) is 2.58. The molecule has 0 saturated heterocycles. The number of ether oxygens (including phenoxy) is 3. The van der Waals surface area contributed by atoms with E-state index in [1.54, 1.807) is 14.2 Å². The first-order valence-electron chi connectivity index (χ1n) is 6.90. The summed E-state index contributed by atoms with van der Waals surface area (Å²) in [4.78, 5) is 3.98. The van der Waals surface area contributed by atoms with Gasteiger partial charge in [-0.3, -0.25) is 0 Å². The second kappa shape index (κ2) is 7.37. The maximum absolute atomic E-state index is 11.2. The van der Waals surface area contributed by atoms with E-state index in [-0.39, 0.29) is 4.90 Å². The summed E-state index contributed by atoms with van der Waals surface area (Å²) in [7, 11) is 0.875. The smallest absolute Gasteiger partial charge is 0.239 e. The number of hydrogen-bond donors (Lipinski definition) is 2. The third-order valence-electron chi connectivity index (χ3n) is 3.26. The van der Waals surface area contributed by atoms with E-state index < -0.39 is 10.0 Å². The molecule has 0 aliphatic carbocycles. The molecule has 0 aliphatic rings. The van der Waals surface area contributed by atoms with Crippen LogP contribution >= 0.6 is 0 Å². The van der Waals surface area contributed by atoms with Crippen LogP contribution in [0.3, 0.4) is 0 Å². The van der Waals surface area contributed by atoms with Gasteiger partial charge in [-0.25, -0.2) is 18.5 Å². The Morgan fingerprint density at radius 2 is 1.71 bits per heavy atom. The van der Waals surface area contributed by atoms with Gasteiger partial charge in [0.25, 0.3) is 0 Å². The first-order valence-corrected chi connectivity index (χ1v) is 8.45. The summed E-state index contributed by atoms with van der Waals surface area (Å²) in [5.41, 5.74) is 0.877. The number of nitrogens with two attached hydrogens (primary N) is 1. The second-order valence-electron chi connectivity index (χ2n) is 4.81. The van der Waals surface area contributed by atoms with Gasteiger partial charge in [0.05, 0.1) is 21.3 Å². The van der Waals surface area contributed by atoms with Crippen LogP contribution in [0.4, 0.5) is 5.82 Å². The molecule has 8 nitrogen and oxygen atoms in total. The molecule has 3 N–H and O–H groups in total. The lowest BCUT2D eigenvalue weighted by Gasteiger charge is -2.14. The van der Waals surface area contributed by atoms with Gasteiger partial charge in [-0.2, -0.15) is 0 Å². The van der Waals surface area contributed by atoms with Gasteiger partial charge in [0.2, 0.25) is 15.8 Å². The summed E-state index contributed by atoms with van der Waals surface area (Å²) >= 11 is 0. The largest absolute Gasteiger partial charge is 0.493 e. The first-order chi connectivity index (χ1) is 11.4. The number of hydrogen-bond acceptors (Lipinski definition) is 7. The fourth-order valence-corrected chi connectivity index (χ4v) is 2.54. The molecular formula is C15H19N3O5S. The third kappa shape index (κ3) is 4.06. The Morgan fingerprint density at radius 3 is 2.12 bits per heavy atom. The van der Waals surface area contributed by atoms with Crippen LogP contribution in [0.25, 0.3) is 0 Å². The van der Waals surface area contributed by atoms with Crippen molar-refractivity contribution in [1.29, 1.82) is 0 Å². The zero-order valence-corrected chi connectivity index (χ0v) is 14.4. The Morgan fingerprint density at radius 1 is 1.08 bits per heavy atom. The minimum absolute atomic E-state index is 0.0409. The molecule has 2 rings (SSSR count). The predicted octanol–water partition coefficient (Wildman–Crippen LogP) is 1.37. The van der Waals surface area contributed by atoms with Gasteiger partial charge >= 0.3 is 0 Å². The van der Waals surface area contributed by atoms with Crippen molar-refractivity contribution in [2.24, 2.45) is 5.14 Å². The van der Waals surface area contributed by atoms with Gasteiger partial charge < -0.3 is 19.5 Å². The summed E-state index contributed by atoms with van der Waals surface area (Å²) in [6, 6.07) is 6.55. The standard InChI is InChI=1S/C15H19N3O5S/c1-21-12-6-10(7-13(22-2)15(12)23-3)8-17-14-5-4-11(9-18-14)24(16,19)20/h4-7,9H,8H2,1-3H3,(H,17,18)(H2,16,19,20). The molecule has 0 bridgehead atoms. The molecule has 1 aromatic heterocycles. The summed E-state index contributed by atoms with van der Waals surface area (Å²) < 4.78 is 38.3. The highest BCUT2D eigenvalue weighted by Gasteiger charge is 2.13. The first kappa shape index (κ1) is 17.8. The summed E-state index contributed by atoms with van der Waals surface area (Å²) in [5, 5.41) is 8.12. The number of anilines is 1. The number of methoxy groups -OCH3 is 3. The van der Waals surface area contributed by atoms with Crippen LogP contribution in [0.15, 0.2) is 35.4 Å². The van der Waals surface area contributed by atoms with Crippen LogP contribution in [0.5, 0.6) is 17.2 Å². The zero-order chi connectivity index (χ0) is 17.7. The molecule has 2 aromatic rings. The van der Waals surface area contributed by atoms with Crippen LogP contribution in [-0.2, 0) is 16.6 Å². The molecule has 0 atom stereocenters. The molecular weight excluding hydrogens is 334 g/mol. The minimum atomic E-state index is -3.75. The van der Waals surface area contributed by atoms with E-state index in [9.17, 15) is 8.42 Å². The molecule has 130 valence electrons. The molecule has 0 aliphatic heterocycles. The molecule has 1 aromatic carbocycles. The van der Waals surface area contributed by atoms with Gasteiger partial charge in [-0.15, -0.1) is 0 Å². The molecule has 24 heavy (non-hydrogen) atoms. The summed E-state index contributed by atoms with van der Waals surface area (Å²) in [6.45, 7) is 0.429. The van der Waals surface area contributed by atoms with Crippen LogP contribution in [0, 0.1) is 0 Å². The number of rotatable bonds is 7. The molecule has 0 radical (unpaired) electrons. The van der Waals surface area contributed by atoms with E-state index in [0.29, 0.717) is 29.6 Å². The maximum atomic E-state index is 11.2. The van der Waals surface area contributed by atoms with Gasteiger partial charge in [0, 0.05) is 12.7 Å². The lowest BCUT2D eigenvalue weighted by molar-refractivity contribution is 0.324. The van der Waals surface area contributed by atoms with E-state index in [0.717, 1.165) is 5.56 Å². The fourth-order valence-electron chi connectivity index (χ4n) is 2.08. The van der Waals surface area contributed by atoms with Crippen molar-refractivity contribution in [1.82, 2.24) is 4.98 Å². The van der Waals surface area contributed by atoms with E-state index in [1.165, 1.54) is 25.4 Å². The fraction of sp³-hybridized carbons (Fsp3) is 0.267. The molecule has 0 saturated carbocycles. The Hall–Kier alpha value is -2.52. The summed E-state index contributed by atoms with van der Waals surface area (Å²) in [5.74, 6) is 2.12. The third-order valence-corrected chi connectivity index (χ3v) is 4.16. The minimum Gasteiger partial charge on any atom is -0.493 e. The van der Waals surface area contributed by atoms with E-state index in [4.69, 9.17) is 19.3 Å². The SMILES string of the molecule is COc1cc(CNc2ccc(S(N)(=O)=O)cn2)cc(OC)c1OC. The van der Waals surface area contributed by atoms with Crippen molar-refractivity contribution in [2.45, 2.75) is 11.4 Å². The Bertz CT molecular complexity index is 781. The van der Waals surface area contributed by atoms with Gasteiger partial charge in [0.1, 0.15) is 10.7 Å². The quantitative estimate of drug-likeness (QED) is 0.773. The van der Waals surface area contributed by atoms with Crippen molar-refractivity contribution >= 4 is 15.8 Å². The van der Waals surface area contributed by atoms with Crippen molar-refractivity contribution < 1.29 is 22.6 Å². The molecule has 0 spiro atoms. The van der Waals surface area contributed by atoms with Gasteiger partial charge in [-0.1, -0.05) is 0 Å². The highest BCUT2D eigenvalue weighted by molar-refractivity contribution is 7.89. The Labute approximate surface area is 140 Å². The van der Waals surface area contributed by atoms with Crippen molar-refractivity contribution in [3.8, 4) is 17.2 Å². The van der Waals surface area contributed by atoms with Crippen LogP contribution in [-0.4, -0.2) is 34.7 Å². The number of nitrogens with one attached hydrogen (secondary N) is 1. The lowest BCUT2D eigenvalue weighted by Crippen LogP contribution is -2.12. The van der Waals surface area contributed by atoms with Gasteiger partial charge in [0.15, 0.2) is 11.5 Å². The van der Waals surface area contributed by atoms with Gasteiger partial charge in [-0.05, 0) is 29.8 Å². The van der Waals surface area contributed by atoms with Crippen molar-refractivity contribution in [3.63, 3.8) is 0 Å².